The second-order valence-corrected chi connectivity index (χ2v) is 6.43. The zero-order valence-electron chi connectivity index (χ0n) is 11.5. The first-order chi connectivity index (χ1) is 8.97. The quantitative estimate of drug-likeness (QED) is 0.737. The Labute approximate surface area is 132 Å². The summed E-state index contributed by atoms with van der Waals surface area (Å²) >= 11 is 7.07. The number of aliphatic hydroxyl groups is 1. The standard InChI is InChI=1S/C14H21Br2NO2/c1-4-11(8-18)17-7-10-5-12(15)14(13(16)6-10)19-9(2)3/h5-6,9,11,17-18H,4,7-8H2,1-3H3/t11-/m1/s1. The Morgan fingerprint density at radius 3 is 2.26 bits per heavy atom. The van der Waals surface area contributed by atoms with Crippen LogP contribution in [0.3, 0.4) is 0 Å². The second kappa shape index (κ2) is 8.25. The normalized spacial score (nSPS) is 12.8. The van der Waals surface area contributed by atoms with E-state index >= 15 is 0 Å². The molecule has 0 unspecified atom stereocenters. The summed E-state index contributed by atoms with van der Waals surface area (Å²) in [5, 5.41) is 12.5. The van der Waals surface area contributed by atoms with Crippen molar-refractivity contribution in [2.45, 2.75) is 45.9 Å². The summed E-state index contributed by atoms with van der Waals surface area (Å²) in [5.41, 5.74) is 1.14. The molecule has 0 radical (unpaired) electrons. The van der Waals surface area contributed by atoms with Gasteiger partial charge >= 0.3 is 0 Å². The number of aliphatic hydroxyl groups excluding tert-OH is 1. The van der Waals surface area contributed by atoms with Crippen LogP contribution in [0, 0.1) is 0 Å². The Morgan fingerprint density at radius 1 is 1.26 bits per heavy atom. The van der Waals surface area contributed by atoms with Gasteiger partial charge in [-0.2, -0.15) is 0 Å². The summed E-state index contributed by atoms with van der Waals surface area (Å²) < 4.78 is 7.61. The third kappa shape index (κ3) is 5.42. The summed E-state index contributed by atoms with van der Waals surface area (Å²) in [4.78, 5) is 0. The first-order valence-corrected chi connectivity index (χ1v) is 8.05. The molecule has 1 atom stereocenters. The Morgan fingerprint density at radius 2 is 1.84 bits per heavy atom. The lowest BCUT2D eigenvalue weighted by Gasteiger charge is -2.17. The molecule has 0 aliphatic heterocycles. The Kier molecular flexibility index (Phi) is 7.36. The topological polar surface area (TPSA) is 41.5 Å². The van der Waals surface area contributed by atoms with E-state index in [4.69, 9.17) is 9.84 Å². The fourth-order valence-electron chi connectivity index (χ4n) is 1.66. The van der Waals surface area contributed by atoms with E-state index in [0.29, 0.717) is 0 Å². The molecule has 1 aromatic rings. The van der Waals surface area contributed by atoms with Crippen LogP contribution in [0.25, 0.3) is 0 Å². The number of hydrogen-bond donors (Lipinski definition) is 2. The van der Waals surface area contributed by atoms with Crippen LogP contribution in [0.4, 0.5) is 0 Å². The molecule has 0 saturated carbocycles. The molecule has 0 spiro atoms. The van der Waals surface area contributed by atoms with Crippen LogP contribution in [0.1, 0.15) is 32.8 Å². The lowest BCUT2D eigenvalue weighted by atomic mass is 10.2. The van der Waals surface area contributed by atoms with Crippen molar-refractivity contribution < 1.29 is 9.84 Å². The molecule has 5 heteroatoms. The predicted octanol–water partition coefficient (Wildman–Crippen LogP) is 3.86. The number of nitrogens with one attached hydrogen (secondary N) is 1. The molecular formula is C14H21Br2NO2. The van der Waals surface area contributed by atoms with Crippen molar-refractivity contribution in [3.05, 3.63) is 26.6 Å². The minimum absolute atomic E-state index is 0.135. The minimum Gasteiger partial charge on any atom is -0.489 e. The van der Waals surface area contributed by atoms with Gasteiger partial charge in [-0.3, -0.25) is 0 Å². The van der Waals surface area contributed by atoms with E-state index in [0.717, 1.165) is 33.2 Å². The Bertz CT molecular complexity index is 383. The first-order valence-electron chi connectivity index (χ1n) is 6.46. The van der Waals surface area contributed by atoms with E-state index in [-0.39, 0.29) is 18.8 Å². The Hall–Kier alpha value is -0.100. The smallest absolute Gasteiger partial charge is 0.148 e. The maximum absolute atomic E-state index is 9.16. The van der Waals surface area contributed by atoms with Gasteiger partial charge in [0, 0.05) is 12.6 Å². The van der Waals surface area contributed by atoms with E-state index < -0.39 is 0 Å². The van der Waals surface area contributed by atoms with Crippen molar-refractivity contribution in [3.63, 3.8) is 0 Å². The lowest BCUT2D eigenvalue weighted by molar-refractivity contribution is 0.237. The molecular weight excluding hydrogens is 374 g/mol. The highest BCUT2D eigenvalue weighted by Gasteiger charge is 2.11. The molecule has 1 aromatic carbocycles. The molecule has 0 amide bonds. The third-order valence-electron chi connectivity index (χ3n) is 2.72. The van der Waals surface area contributed by atoms with Crippen LogP contribution < -0.4 is 10.1 Å². The van der Waals surface area contributed by atoms with Gasteiger partial charge in [0.1, 0.15) is 5.75 Å². The molecule has 1 rings (SSSR count). The van der Waals surface area contributed by atoms with Crippen molar-refractivity contribution in [1.29, 1.82) is 0 Å². The fraction of sp³-hybridized carbons (Fsp3) is 0.571. The number of halogens is 2. The minimum atomic E-state index is 0.135. The summed E-state index contributed by atoms with van der Waals surface area (Å²) in [6.07, 6.45) is 1.04. The van der Waals surface area contributed by atoms with Gasteiger partial charge in [0.05, 0.1) is 21.7 Å². The summed E-state index contributed by atoms with van der Waals surface area (Å²) in [6.45, 7) is 6.94. The number of hydrogen-bond acceptors (Lipinski definition) is 3. The van der Waals surface area contributed by atoms with Crippen LogP contribution in [-0.4, -0.2) is 23.9 Å². The van der Waals surface area contributed by atoms with Gasteiger partial charge in [-0.05, 0) is 69.8 Å². The van der Waals surface area contributed by atoms with E-state index in [1.807, 2.05) is 26.0 Å². The van der Waals surface area contributed by atoms with Crippen molar-refractivity contribution >= 4 is 31.9 Å². The Balaban J connectivity index is 2.77. The van der Waals surface area contributed by atoms with Crippen LogP contribution in [0.15, 0.2) is 21.1 Å². The van der Waals surface area contributed by atoms with Crippen LogP contribution in [0.5, 0.6) is 5.75 Å². The van der Waals surface area contributed by atoms with Crippen LogP contribution in [-0.2, 0) is 6.54 Å². The zero-order chi connectivity index (χ0) is 14.4. The summed E-state index contributed by atoms with van der Waals surface area (Å²) in [6, 6.07) is 4.23. The number of rotatable bonds is 7. The molecule has 0 aromatic heterocycles. The van der Waals surface area contributed by atoms with Crippen molar-refractivity contribution in [2.24, 2.45) is 0 Å². The SMILES string of the molecule is CC[C@H](CO)NCc1cc(Br)c(OC(C)C)c(Br)c1. The molecule has 0 aliphatic rings. The highest BCUT2D eigenvalue weighted by atomic mass is 79.9. The summed E-state index contributed by atoms with van der Waals surface area (Å²) in [7, 11) is 0. The van der Waals surface area contributed by atoms with E-state index in [9.17, 15) is 0 Å². The highest BCUT2D eigenvalue weighted by Crippen LogP contribution is 2.35. The van der Waals surface area contributed by atoms with Gasteiger partial charge < -0.3 is 15.2 Å². The van der Waals surface area contributed by atoms with Crippen LogP contribution in [0.2, 0.25) is 0 Å². The monoisotopic (exact) mass is 393 g/mol. The van der Waals surface area contributed by atoms with Crippen molar-refractivity contribution in [2.75, 3.05) is 6.61 Å². The highest BCUT2D eigenvalue weighted by molar-refractivity contribution is 9.11. The molecule has 0 fully saturated rings. The molecule has 0 aliphatic carbocycles. The maximum Gasteiger partial charge on any atom is 0.148 e. The molecule has 3 nitrogen and oxygen atoms in total. The lowest BCUT2D eigenvalue weighted by Crippen LogP contribution is -2.31. The van der Waals surface area contributed by atoms with Gasteiger partial charge in [0.25, 0.3) is 0 Å². The van der Waals surface area contributed by atoms with Gasteiger partial charge in [0.15, 0.2) is 0 Å². The fourth-order valence-corrected chi connectivity index (χ4v) is 3.13. The van der Waals surface area contributed by atoms with Crippen molar-refractivity contribution in [3.8, 4) is 5.75 Å². The molecule has 0 heterocycles. The van der Waals surface area contributed by atoms with Gasteiger partial charge in [-0.1, -0.05) is 6.92 Å². The largest absolute Gasteiger partial charge is 0.489 e. The average molecular weight is 395 g/mol. The van der Waals surface area contributed by atoms with Crippen molar-refractivity contribution in [1.82, 2.24) is 5.32 Å². The molecule has 0 saturated heterocycles. The third-order valence-corrected chi connectivity index (χ3v) is 3.90. The van der Waals surface area contributed by atoms with E-state index in [1.165, 1.54) is 0 Å². The van der Waals surface area contributed by atoms with Gasteiger partial charge in [0.2, 0.25) is 0 Å². The predicted molar refractivity (Wildman–Crippen MR) is 85.6 cm³/mol. The van der Waals surface area contributed by atoms with E-state index in [1.54, 1.807) is 0 Å². The van der Waals surface area contributed by atoms with Gasteiger partial charge in [-0.25, -0.2) is 0 Å². The van der Waals surface area contributed by atoms with Crippen LogP contribution >= 0.6 is 31.9 Å². The first kappa shape index (κ1) is 17.0. The summed E-state index contributed by atoms with van der Waals surface area (Å²) in [5.74, 6) is 0.827. The second-order valence-electron chi connectivity index (χ2n) is 4.72. The molecule has 0 bridgehead atoms. The van der Waals surface area contributed by atoms with Gasteiger partial charge in [-0.15, -0.1) is 0 Å². The molecule has 19 heavy (non-hydrogen) atoms. The maximum atomic E-state index is 9.16. The van der Waals surface area contributed by atoms with E-state index in [2.05, 4.69) is 44.1 Å². The molecule has 108 valence electrons. The number of benzene rings is 1. The zero-order valence-corrected chi connectivity index (χ0v) is 14.7. The molecule has 2 N–H and O–H groups in total. The average Bonchev–Trinajstić information content (AvgIpc) is 2.35. The number of ether oxygens (including phenoxy) is 1.